The summed E-state index contributed by atoms with van der Waals surface area (Å²) < 4.78 is 19.8. The van der Waals surface area contributed by atoms with Crippen molar-refractivity contribution >= 4 is 34.9 Å². The monoisotopic (exact) mass is 580 g/mol. The molecule has 12 nitrogen and oxygen atoms in total. The molecule has 2 saturated heterocycles. The highest BCUT2D eigenvalue weighted by Gasteiger charge is 2.33. The fourth-order valence-corrected chi connectivity index (χ4v) is 4.98. The Hall–Kier alpha value is -4.68. The van der Waals surface area contributed by atoms with Gasteiger partial charge in [0, 0.05) is 38.9 Å². The van der Waals surface area contributed by atoms with E-state index >= 15 is 0 Å². The molecule has 0 bridgehead atoms. The standard InChI is InChI=1S/C29H33FN6O6/c1-29(2,3)42-28(41)34-12-13-35(22(37)17-34)21-14-20(33-10-4-5-11-33)16-36-25(21)32-23(24(38)27(36)40)26(39)31-15-18-6-8-19(30)9-7-18/h6-9,14,16,38H,4-5,10-13,15,17H2,1-3H3,(H,31,39). The van der Waals surface area contributed by atoms with Crippen molar-refractivity contribution in [1.29, 1.82) is 0 Å². The number of hydrogen-bond donors (Lipinski definition) is 2. The van der Waals surface area contributed by atoms with Gasteiger partial charge in [0.1, 0.15) is 18.0 Å². The first-order valence-corrected chi connectivity index (χ1v) is 13.8. The summed E-state index contributed by atoms with van der Waals surface area (Å²) in [4.78, 5) is 61.6. The molecule has 0 saturated carbocycles. The van der Waals surface area contributed by atoms with Gasteiger partial charge in [-0.05, 0) is 57.4 Å². The maximum absolute atomic E-state index is 13.4. The average Bonchev–Trinajstić information content (AvgIpc) is 3.48. The van der Waals surface area contributed by atoms with Crippen molar-refractivity contribution in [3.63, 3.8) is 0 Å². The second-order valence-corrected chi connectivity index (χ2v) is 11.3. The number of hydrogen-bond acceptors (Lipinski definition) is 8. The van der Waals surface area contributed by atoms with E-state index in [4.69, 9.17) is 4.74 Å². The van der Waals surface area contributed by atoms with Gasteiger partial charge in [-0.25, -0.2) is 14.2 Å². The highest BCUT2D eigenvalue weighted by molar-refractivity contribution is 6.01. The molecule has 0 atom stereocenters. The Morgan fingerprint density at radius 2 is 1.76 bits per heavy atom. The van der Waals surface area contributed by atoms with Crippen molar-refractivity contribution in [2.75, 3.05) is 42.5 Å². The number of rotatable bonds is 5. The number of amides is 3. The summed E-state index contributed by atoms with van der Waals surface area (Å²) in [7, 11) is 0. The van der Waals surface area contributed by atoms with Crippen molar-refractivity contribution in [2.45, 2.75) is 45.8 Å². The number of nitrogens with zero attached hydrogens (tertiary/aromatic N) is 5. The molecular formula is C29H33FN6O6. The number of pyridine rings is 1. The van der Waals surface area contributed by atoms with E-state index in [1.165, 1.54) is 34.1 Å². The number of fused-ring (bicyclic) bond motifs is 1. The number of carbonyl (C=O) groups excluding carboxylic acids is 3. The third-order valence-electron chi connectivity index (χ3n) is 7.08. The van der Waals surface area contributed by atoms with Crippen molar-refractivity contribution in [2.24, 2.45) is 0 Å². The third-order valence-corrected chi connectivity index (χ3v) is 7.08. The molecule has 4 heterocycles. The first-order chi connectivity index (χ1) is 19.9. The summed E-state index contributed by atoms with van der Waals surface area (Å²) in [5.41, 5.74) is -0.547. The van der Waals surface area contributed by atoms with Crippen LogP contribution in [0.15, 0.2) is 41.3 Å². The van der Waals surface area contributed by atoms with Crippen LogP contribution in [0.25, 0.3) is 5.65 Å². The van der Waals surface area contributed by atoms with Gasteiger partial charge in [0.15, 0.2) is 11.3 Å². The number of carbonyl (C=O) groups is 3. The fourth-order valence-electron chi connectivity index (χ4n) is 4.98. The summed E-state index contributed by atoms with van der Waals surface area (Å²) in [5.74, 6) is -2.49. The lowest BCUT2D eigenvalue weighted by Gasteiger charge is -2.35. The zero-order valence-electron chi connectivity index (χ0n) is 23.7. The van der Waals surface area contributed by atoms with Crippen molar-refractivity contribution in [3.05, 3.63) is 64.0 Å². The summed E-state index contributed by atoms with van der Waals surface area (Å²) >= 11 is 0. The zero-order valence-corrected chi connectivity index (χ0v) is 23.7. The largest absolute Gasteiger partial charge is 0.501 e. The Morgan fingerprint density at radius 3 is 2.40 bits per heavy atom. The van der Waals surface area contributed by atoms with Crippen molar-refractivity contribution < 1.29 is 28.6 Å². The summed E-state index contributed by atoms with van der Waals surface area (Å²) in [6.45, 7) is 6.76. The molecule has 222 valence electrons. The van der Waals surface area contributed by atoms with Gasteiger partial charge < -0.3 is 25.0 Å². The molecular weight excluding hydrogens is 547 g/mol. The van der Waals surface area contributed by atoms with Crippen molar-refractivity contribution in [1.82, 2.24) is 19.6 Å². The van der Waals surface area contributed by atoms with Gasteiger partial charge in [0.2, 0.25) is 11.7 Å². The first kappa shape index (κ1) is 28.8. The van der Waals surface area contributed by atoms with E-state index in [0.29, 0.717) is 11.3 Å². The molecule has 3 amide bonds. The van der Waals surface area contributed by atoms with Gasteiger partial charge in [-0.2, -0.15) is 0 Å². The van der Waals surface area contributed by atoms with Crippen LogP contribution in [0.4, 0.5) is 20.6 Å². The molecule has 2 fully saturated rings. The summed E-state index contributed by atoms with van der Waals surface area (Å²) in [6.07, 6.45) is 2.87. The van der Waals surface area contributed by atoms with Crippen LogP contribution in [-0.4, -0.2) is 75.6 Å². The van der Waals surface area contributed by atoms with E-state index in [9.17, 15) is 28.7 Å². The lowest BCUT2D eigenvalue weighted by molar-refractivity contribution is -0.121. The number of anilines is 2. The van der Waals surface area contributed by atoms with Crippen LogP contribution in [0.1, 0.15) is 49.7 Å². The Labute approximate surface area is 241 Å². The minimum atomic E-state index is -0.867. The zero-order chi connectivity index (χ0) is 30.2. The van der Waals surface area contributed by atoms with Crippen LogP contribution in [0.5, 0.6) is 5.75 Å². The lowest BCUT2D eigenvalue weighted by Crippen LogP contribution is -2.53. The normalized spacial score (nSPS) is 15.8. The summed E-state index contributed by atoms with van der Waals surface area (Å²) in [5, 5.41) is 13.3. The maximum Gasteiger partial charge on any atom is 0.410 e. The molecule has 0 unspecified atom stereocenters. The van der Waals surface area contributed by atoms with Crippen LogP contribution < -0.4 is 20.7 Å². The molecule has 42 heavy (non-hydrogen) atoms. The predicted molar refractivity (Wildman–Crippen MR) is 152 cm³/mol. The second kappa shape index (κ2) is 11.3. The van der Waals surface area contributed by atoms with Gasteiger partial charge >= 0.3 is 11.7 Å². The SMILES string of the molecule is CC(C)(C)OC(=O)N1CCN(c2cc(N3CCCC3)cn3c(=O)c(O)c(C(=O)NCc4ccc(F)cc4)nc23)C(=O)C1. The predicted octanol–water partition coefficient (Wildman–Crippen LogP) is 2.65. The number of halogens is 1. The quantitative estimate of drug-likeness (QED) is 0.470. The van der Waals surface area contributed by atoms with Gasteiger partial charge in [-0.15, -0.1) is 0 Å². The van der Waals surface area contributed by atoms with E-state index in [0.717, 1.165) is 30.3 Å². The highest BCUT2D eigenvalue weighted by Crippen LogP contribution is 2.31. The van der Waals surface area contributed by atoms with E-state index in [1.54, 1.807) is 33.0 Å². The number of aromatic hydroxyl groups is 1. The Bertz CT molecular complexity index is 1590. The van der Waals surface area contributed by atoms with E-state index < -0.39 is 46.3 Å². The molecule has 1 aromatic carbocycles. The van der Waals surface area contributed by atoms with Gasteiger partial charge in [-0.3, -0.25) is 23.7 Å². The number of benzene rings is 1. The molecule has 2 aromatic heterocycles. The minimum Gasteiger partial charge on any atom is -0.501 e. The Morgan fingerprint density at radius 1 is 1.07 bits per heavy atom. The van der Waals surface area contributed by atoms with Crippen LogP contribution >= 0.6 is 0 Å². The van der Waals surface area contributed by atoms with Gasteiger partial charge in [0.25, 0.3) is 5.91 Å². The molecule has 13 heteroatoms. The number of ether oxygens (including phenoxy) is 1. The van der Waals surface area contributed by atoms with E-state index in [2.05, 4.69) is 15.2 Å². The number of nitrogens with one attached hydrogen (secondary N) is 1. The highest BCUT2D eigenvalue weighted by atomic mass is 19.1. The van der Waals surface area contributed by atoms with Gasteiger partial charge in [0.05, 0.1) is 11.4 Å². The second-order valence-electron chi connectivity index (χ2n) is 11.3. The van der Waals surface area contributed by atoms with E-state index in [1.807, 2.05) is 0 Å². The topological polar surface area (TPSA) is 137 Å². The molecule has 0 aliphatic carbocycles. The van der Waals surface area contributed by atoms with Crippen LogP contribution in [-0.2, 0) is 16.1 Å². The van der Waals surface area contributed by atoms with Crippen LogP contribution in [0.3, 0.4) is 0 Å². The van der Waals surface area contributed by atoms with Crippen molar-refractivity contribution in [3.8, 4) is 5.75 Å². The fraction of sp³-hybridized carbons (Fsp3) is 0.414. The maximum atomic E-state index is 13.4. The molecule has 2 aliphatic heterocycles. The molecule has 0 spiro atoms. The smallest absolute Gasteiger partial charge is 0.410 e. The molecule has 0 radical (unpaired) electrons. The van der Waals surface area contributed by atoms with Crippen LogP contribution in [0.2, 0.25) is 0 Å². The van der Waals surface area contributed by atoms with Crippen LogP contribution in [0, 0.1) is 5.82 Å². The number of aromatic nitrogens is 2. The molecule has 2 aliphatic rings. The van der Waals surface area contributed by atoms with Gasteiger partial charge in [-0.1, -0.05) is 12.1 Å². The Kier molecular flexibility index (Phi) is 7.76. The minimum absolute atomic E-state index is 0.00543. The lowest BCUT2D eigenvalue weighted by atomic mass is 10.2. The average molecular weight is 581 g/mol. The molecule has 3 aromatic rings. The summed E-state index contributed by atoms with van der Waals surface area (Å²) in [6, 6.07) is 7.25. The molecule has 5 rings (SSSR count). The molecule has 2 N–H and O–H groups in total. The number of piperazine rings is 1. The first-order valence-electron chi connectivity index (χ1n) is 13.8. The van der Waals surface area contributed by atoms with E-state index in [-0.39, 0.29) is 37.5 Å². The Balaban J connectivity index is 1.51. The third kappa shape index (κ3) is 5.99.